The van der Waals surface area contributed by atoms with Crippen LogP contribution < -0.4 is 11.1 Å². The highest BCUT2D eigenvalue weighted by molar-refractivity contribution is 5.91. The van der Waals surface area contributed by atoms with E-state index in [1.165, 1.54) is 0 Å². The first-order valence-corrected chi connectivity index (χ1v) is 6.70. The van der Waals surface area contributed by atoms with E-state index in [0.29, 0.717) is 31.7 Å². The Hall–Kier alpha value is -1.63. The molecule has 6 heteroatoms. The summed E-state index contributed by atoms with van der Waals surface area (Å²) in [6.45, 7) is 3.23. The van der Waals surface area contributed by atoms with Crippen molar-refractivity contribution in [2.24, 2.45) is 0 Å². The van der Waals surface area contributed by atoms with E-state index in [4.69, 9.17) is 5.73 Å². The summed E-state index contributed by atoms with van der Waals surface area (Å²) < 4.78 is 0. The molecule has 0 aliphatic carbocycles. The van der Waals surface area contributed by atoms with Gasteiger partial charge in [0.15, 0.2) is 0 Å². The molecule has 1 amide bonds. The van der Waals surface area contributed by atoms with E-state index in [1.807, 2.05) is 17.9 Å². The van der Waals surface area contributed by atoms with Gasteiger partial charge >= 0.3 is 0 Å². The van der Waals surface area contributed by atoms with Crippen LogP contribution in [0.5, 0.6) is 0 Å². The van der Waals surface area contributed by atoms with E-state index in [2.05, 4.69) is 5.32 Å². The van der Waals surface area contributed by atoms with Crippen molar-refractivity contribution in [3.63, 3.8) is 0 Å². The third-order valence-corrected chi connectivity index (χ3v) is 3.51. The van der Waals surface area contributed by atoms with Crippen LogP contribution in [0.25, 0.3) is 0 Å². The molecule has 1 heterocycles. The molecule has 5 N–H and O–H groups in total. The summed E-state index contributed by atoms with van der Waals surface area (Å²) in [7, 11) is 0. The minimum Gasteiger partial charge on any atom is -0.399 e. The lowest BCUT2D eigenvalue weighted by atomic mass is 10.2. The number of hydrogen-bond acceptors (Lipinski definition) is 5. The summed E-state index contributed by atoms with van der Waals surface area (Å²) in [6, 6.07) is 5.34. The number of nitrogens with two attached hydrogens (primary N) is 1. The smallest absolute Gasteiger partial charge is 0.225 e. The zero-order chi connectivity index (χ0) is 14.7. The Morgan fingerprint density at radius 3 is 2.65 bits per heavy atom. The number of amides is 1. The number of aryl methyl sites for hydroxylation is 1. The first-order valence-electron chi connectivity index (χ1n) is 6.70. The molecule has 0 spiro atoms. The highest BCUT2D eigenvalue weighted by atomic mass is 16.3. The minimum absolute atomic E-state index is 0.0891. The molecule has 2 unspecified atom stereocenters. The summed E-state index contributed by atoms with van der Waals surface area (Å²) in [5.74, 6) is -0.0891. The molecule has 20 heavy (non-hydrogen) atoms. The Morgan fingerprint density at radius 2 is 2.05 bits per heavy atom. The molecule has 1 aromatic carbocycles. The average Bonchev–Trinajstić information content (AvgIpc) is 2.70. The number of aliphatic hydroxyl groups is 2. The summed E-state index contributed by atoms with van der Waals surface area (Å²) in [5.41, 5.74) is 8.00. The zero-order valence-corrected chi connectivity index (χ0v) is 11.5. The first kappa shape index (κ1) is 14.8. The third kappa shape index (κ3) is 3.69. The molecule has 1 aliphatic heterocycles. The zero-order valence-electron chi connectivity index (χ0n) is 11.5. The van der Waals surface area contributed by atoms with Crippen LogP contribution in [0, 0.1) is 6.92 Å². The Balaban J connectivity index is 1.81. The Kier molecular flexibility index (Phi) is 4.59. The maximum absolute atomic E-state index is 11.9. The van der Waals surface area contributed by atoms with E-state index in [0.717, 1.165) is 11.3 Å². The number of β-amino-alcohol motifs (C(OH)–C–C–N with tert-alkyl or cyclic N) is 2. The first-order chi connectivity index (χ1) is 9.45. The van der Waals surface area contributed by atoms with Gasteiger partial charge < -0.3 is 21.3 Å². The molecule has 1 aliphatic rings. The van der Waals surface area contributed by atoms with Crippen LogP contribution in [-0.2, 0) is 4.79 Å². The van der Waals surface area contributed by atoms with E-state index >= 15 is 0 Å². The minimum atomic E-state index is -0.711. The molecular weight excluding hydrogens is 258 g/mol. The van der Waals surface area contributed by atoms with Gasteiger partial charge in [-0.3, -0.25) is 9.69 Å². The number of likely N-dealkylation sites (tertiary alicyclic amines) is 1. The molecule has 6 nitrogen and oxygen atoms in total. The van der Waals surface area contributed by atoms with E-state index < -0.39 is 12.2 Å². The van der Waals surface area contributed by atoms with Gasteiger partial charge in [0.25, 0.3) is 0 Å². The van der Waals surface area contributed by atoms with Crippen molar-refractivity contribution in [3.05, 3.63) is 23.8 Å². The van der Waals surface area contributed by atoms with E-state index in [1.54, 1.807) is 12.1 Å². The fourth-order valence-electron chi connectivity index (χ4n) is 2.33. The van der Waals surface area contributed by atoms with Crippen molar-refractivity contribution < 1.29 is 15.0 Å². The molecule has 0 bridgehead atoms. The molecular formula is C14H21N3O3. The number of hydrogen-bond donors (Lipinski definition) is 4. The van der Waals surface area contributed by atoms with Crippen LogP contribution in [0.4, 0.5) is 11.4 Å². The van der Waals surface area contributed by atoms with Crippen LogP contribution in [0.3, 0.4) is 0 Å². The standard InChI is InChI=1S/C14H21N3O3/c1-9-6-10(15)2-3-11(9)16-14(20)4-5-17-7-12(18)13(19)8-17/h2-3,6,12-13,18-19H,4-5,7-8,15H2,1H3,(H,16,20). The molecule has 2 rings (SSSR count). The highest BCUT2D eigenvalue weighted by Crippen LogP contribution is 2.18. The lowest BCUT2D eigenvalue weighted by Crippen LogP contribution is -2.27. The van der Waals surface area contributed by atoms with Gasteiger partial charge in [0.2, 0.25) is 5.91 Å². The van der Waals surface area contributed by atoms with E-state index in [9.17, 15) is 15.0 Å². The predicted octanol–water partition coefficient (Wildman–Crippen LogP) is -0.0568. The number of anilines is 2. The lowest BCUT2D eigenvalue weighted by Gasteiger charge is -2.14. The average molecular weight is 279 g/mol. The number of rotatable bonds is 4. The molecule has 0 radical (unpaired) electrons. The summed E-state index contributed by atoms with van der Waals surface area (Å²) in [4.78, 5) is 13.8. The van der Waals surface area contributed by atoms with Crippen LogP contribution >= 0.6 is 0 Å². The van der Waals surface area contributed by atoms with E-state index in [-0.39, 0.29) is 5.91 Å². The van der Waals surface area contributed by atoms with Gasteiger partial charge in [0.1, 0.15) is 0 Å². The molecule has 1 saturated heterocycles. The molecule has 0 saturated carbocycles. The van der Waals surface area contributed by atoms with Gasteiger partial charge in [0.05, 0.1) is 12.2 Å². The molecule has 110 valence electrons. The molecule has 1 aromatic rings. The number of nitrogen functional groups attached to an aromatic ring is 1. The Bertz CT molecular complexity index is 483. The molecule has 1 fully saturated rings. The van der Waals surface area contributed by atoms with Crippen molar-refractivity contribution in [3.8, 4) is 0 Å². The monoisotopic (exact) mass is 279 g/mol. The largest absolute Gasteiger partial charge is 0.399 e. The van der Waals surface area contributed by atoms with Gasteiger partial charge in [-0.2, -0.15) is 0 Å². The van der Waals surface area contributed by atoms with Gasteiger partial charge in [-0.15, -0.1) is 0 Å². The summed E-state index contributed by atoms with van der Waals surface area (Å²) in [5, 5.41) is 21.7. The van der Waals surface area contributed by atoms with Crippen LogP contribution in [0.2, 0.25) is 0 Å². The molecule has 2 atom stereocenters. The quantitative estimate of drug-likeness (QED) is 0.579. The lowest BCUT2D eigenvalue weighted by molar-refractivity contribution is -0.116. The maximum Gasteiger partial charge on any atom is 0.225 e. The Labute approximate surface area is 118 Å². The van der Waals surface area contributed by atoms with Gasteiger partial charge in [-0.05, 0) is 30.7 Å². The SMILES string of the molecule is Cc1cc(N)ccc1NC(=O)CCN1CC(O)C(O)C1. The number of aliphatic hydroxyl groups excluding tert-OH is 2. The normalized spacial score (nSPS) is 22.9. The summed E-state index contributed by atoms with van der Waals surface area (Å²) in [6.07, 6.45) is -1.10. The number of carbonyl (C=O) groups is 1. The van der Waals surface area contributed by atoms with Crippen LogP contribution in [0.15, 0.2) is 18.2 Å². The van der Waals surface area contributed by atoms with Gasteiger partial charge in [-0.25, -0.2) is 0 Å². The second kappa shape index (κ2) is 6.21. The second-order valence-corrected chi connectivity index (χ2v) is 5.27. The van der Waals surface area contributed by atoms with Crippen molar-refractivity contribution >= 4 is 17.3 Å². The van der Waals surface area contributed by atoms with Gasteiger partial charge in [-0.1, -0.05) is 0 Å². The fraction of sp³-hybridized carbons (Fsp3) is 0.500. The summed E-state index contributed by atoms with van der Waals surface area (Å²) >= 11 is 0. The van der Waals surface area contributed by atoms with Crippen LogP contribution in [0.1, 0.15) is 12.0 Å². The highest BCUT2D eigenvalue weighted by Gasteiger charge is 2.29. The topological polar surface area (TPSA) is 98.8 Å². The number of carbonyl (C=O) groups excluding carboxylic acids is 1. The predicted molar refractivity (Wildman–Crippen MR) is 77.3 cm³/mol. The molecule has 0 aromatic heterocycles. The third-order valence-electron chi connectivity index (χ3n) is 3.51. The van der Waals surface area contributed by atoms with Gasteiger partial charge in [0, 0.05) is 37.4 Å². The number of benzene rings is 1. The van der Waals surface area contributed by atoms with Crippen molar-refractivity contribution in [2.45, 2.75) is 25.6 Å². The fourth-order valence-corrected chi connectivity index (χ4v) is 2.33. The second-order valence-electron chi connectivity index (χ2n) is 5.27. The number of nitrogens with zero attached hydrogens (tertiary/aromatic N) is 1. The van der Waals surface area contributed by atoms with Crippen LogP contribution in [-0.4, -0.2) is 52.9 Å². The maximum atomic E-state index is 11.9. The van der Waals surface area contributed by atoms with Crippen molar-refractivity contribution in [1.82, 2.24) is 4.90 Å². The Morgan fingerprint density at radius 1 is 1.40 bits per heavy atom. The van der Waals surface area contributed by atoms with Crippen molar-refractivity contribution in [2.75, 3.05) is 30.7 Å². The number of nitrogens with one attached hydrogen (secondary N) is 1. The van der Waals surface area contributed by atoms with Crippen molar-refractivity contribution in [1.29, 1.82) is 0 Å².